The third-order valence-corrected chi connectivity index (χ3v) is 6.39. The van der Waals surface area contributed by atoms with E-state index in [0.29, 0.717) is 20.2 Å². The number of methoxy groups -OCH3 is 1. The van der Waals surface area contributed by atoms with E-state index >= 15 is 0 Å². The molecule has 0 spiro atoms. The fraction of sp³-hybridized carbons (Fsp3) is 0.167. The molecular weight excluding hydrogens is 438 g/mol. The third-order valence-electron chi connectivity index (χ3n) is 3.93. The van der Waals surface area contributed by atoms with Crippen LogP contribution in [0.1, 0.15) is 10.4 Å². The topological polar surface area (TPSA) is 104 Å². The highest BCUT2D eigenvalue weighted by Gasteiger charge is 2.15. The quantitative estimate of drug-likeness (QED) is 0.253. The molecule has 0 fully saturated rings. The van der Waals surface area contributed by atoms with E-state index in [4.69, 9.17) is 16.3 Å². The lowest BCUT2D eigenvalue weighted by molar-refractivity contribution is -0.380. The molecule has 2 aromatic heterocycles. The Bertz CT molecular complexity index is 1220. The van der Waals surface area contributed by atoms with Crippen molar-refractivity contribution in [1.82, 2.24) is 4.57 Å². The highest BCUT2D eigenvalue weighted by molar-refractivity contribution is 7.16. The van der Waals surface area contributed by atoms with Crippen LogP contribution in [0.2, 0.25) is 5.02 Å². The van der Waals surface area contributed by atoms with E-state index in [1.165, 1.54) is 36.7 Å². The number of fused-ring (bicyclic) bond motifs is 1. The van der Waals surface area contributed by atoms with Crippen molar-refractivity contribution < 1.29 is 19.2 Å². The molecular formula is C18H14ClN3O5S2. The van der Waals surface area contributed by atoms with Crippen LogP contribution in [0.5, 0.6) is 0 Å². The summed E-state index contributed by atoms with van der Waals surface area (Å²) in [6.45, 7) is 1.70. The Hall–Kier alpha value is -2.82. The summed E-state index contributed by atoms with van der Waals surface area (Å²) in [7, 11) is 1.28. The largest absolute Gasteiger partial charge is 0.468 e. The molecule has 150 valence electrons. The van der Waals surface area contributed by atoms with Crippen molar-refractivity contribution in [2.45, 2.75) is 13.5 Å². The maximum Gasteiger partial charge on any atom is 0.325 e. The first-order chi connectivity index (χ1) is 13.8. The van der Waals surface area contributed by atoms with E-state index in [1.54, 1.807) is 22.8 Å². The van der Waals surface area contributed by atoms with Crippen LogP contribution < -0.4 is 4.80 Å². The predicted molar refractivity (Wildman–Crippen MR) is 112 cm³/mol. The van der Waals surface area contributed by atoms with E-state index in [1.807, 2.05) is 6.92 Å². The summed E-state index contributed by atoms with van der Waals surface area (Å²) in [6, 6.07) is 6.46. The molecule has 1 amide bonds. The zero-order valence-electron chi connectivity index (χ0n) is 15.2. The van der Waals surface area contributed by atoms with Gasteiger partial charge >= 0.3 is 11.0 Å². The lowest BCUT2D eigenvalue weighted by Gasteiger charge is -2.06. The number of hydrogen-bond donors (Lipinski definition) is 0. The highest BCUT2D eigenvalue weighted by atomic mass is 35.5. The fourth-order valence-electron chi connectivity index (χ4n) is 2.56. The summed E-state index contributed by atoms with van der Waals surface area (Å²) in [4.78, 5) is 39.4. The van der Waals surface area contributed by atoms with Gasteiger partial charge in [0.1, 0.15) is 6.54 Å². The maximum absolute atomic E-state index is 12.3. The summed E-state index contributed by atoms with van der Waals surface area (Å²) in [6.07, 6.45) is 2.69. The van der Waals surface area contributed by atoms with Gasteiger partial charge in [-0.25, -0.2) is 0 Å². The number of carbonyl (C=O) groups is 2. The Kier molecular flexibility index (Phi) is 6.26. The van der Waals surface area contributed by atoms with Crippen LogP contribution in [-0.4, -0.2) is 28.5 Å². The van der Waals surface area contributed by atoms with Gasteiger partial charge in [-0.15, -0.1) is 0 Å². The van der Waals surface area contributed by atoms with Gasteiger partial charge in [0.2, 0.25) is 0 Å². The second-order valence-electron chi connectivity index (χ2n) is 5.78. The van der Waals surface area contributed by atoms with Gasteiger partial charge in [0.15, 0.2) is 4.80 Å². The number of halogens is 1. The number of amides is 1. The number of carbonyl (C=O) groups excluding carboxylic acids is 2. The van der Waals surface area contributed by atoms with Gasteiger partial charge in [0, 0.05) is 22.0 Å². The normalized spacial score (nSPS) is 12.0. The van der Waals surface area contributed by atoms with Crippen LogP contribution in [0.3, 0.4) is 0 Å². The molecule has 0 saturated heterocycles. The van der Waals surface area contributed by atoms with E-state index in [0.717, 1.165) is 21.6 Å². The van der Waals surface area contributed by atoms with E-state index in [-0.39, 0.29) is 11.5 Å². The third kappa shape index (κ3) is 4.61. The van der Waals surface area contributed by atoms with E-state index < -0.39 is 16.8 Å². The molecule has 0 N–H and O–H groups in total. The molecule has 0 bridgehead atoms. The van der Waals surface area contributed by atoms with Crippen molar-refractivity contribution in [1.29, 1.82) is 0 Å². The summed E-state index contributed by atoms with van der Waals surface area (Å²) in [5.74, 6) is -1.05. The highest BCUT2D eigenvalue weighted by Crippen LogP contribution is 2.27. The van der Waals surface area contributed by atoms with Gasteiger partial charge in [-0.2, -0.15) is 4.99 Å². The monoisotopic (exact) mass is 451 g/mol. The number of nitrogens with zero attached hydrogens (tertiary/aromatic N) is 3. The van der Waals surface area contributed by atoms with Crippen molar-refractivity contribution >= 4 is 67.4 Å². The maximum atomic E-state index is 12.3. The summed E-state index contributed by atoms with van der Waals surface area (Å²) in [5, 5.41) is 11.3. The minimum atomic E-state index is -0.560. The van der Waals surface area contributed by atoms with Crippen LogP contribution in [-0.2, 0) is 20.9 Å². The van der Waals surface area contributed by atoms with Gasteiger partial charge in [-0.3, -0.25) is 19.7 Å². The zero-order chi connectivity index (χ0) is 21.1. The van der Waals surface area contributed by atoms with Gasteiger partial charge in [-0.05, 0) is 36.8 Å². The van der Waals surface area contributed by atoms with E-state index in [2.05, 4.69) is 4.99 Å². The Morgan fingerprint density at radius 3 is 2.72 bits per heavy atom. The van der Waals surface area contributed by atoms with Crippen LogP contribution in [0, 0.1) is 17.0 Å². The molecule has 8 nitrogen and oxygen atoms in total. The average molecular weight is 452 g/mol. The predicted octanol–water partition coefficient (Wildman–Crippen LogP) is 3.95. The Morgan fingerprint density at radius 1 is 1.31 bits per heavy atom. The van der Waals surface area contributed by atoms with Crippen molar-refractivity contribution in [2.75, 3.05) is 7.11 Å². The lowest BCUT2D eigenvalue weighted by Crippen LogP contribution is -2.22. The standard InChI is InChI=1S/C18H14ClN3O5S2/c1-10-12(19)5-6-13-17(10)21(9-16(24)27-2)18(29-13)20-14(23)7-3-11-4-8-15(28-11)22(25)26/h3-8H,9H2,1-2H3/b7-3+,20-18?. The number of aryl methyl sites for hydroxylation is 1. The number of ether oxygens (including phenoxy) is 1. The number of hydrogen-bond acceptors (Lipinski definition) is 7. The Morgan fingerprint density at radius 2 is 2.07 bits per heavy atom. The fourth-order valence-corrected chi connectivity index (χ4v) is 4.53. The number of thiazole rings is 1. The molecule has 29 heavy (non-hydrogen) atoms. The second kappa shape index (κ2) is 8.68. The minimum Gasteiger partial charge on any atom is -0.468 e. The lowest BCUT2D eigenvalue weighted by atomic mass is 10.2. The van der Waals surface area contributed by atoms with Crippen LogP contribution >= 0.6 is 34.3 Å². The molecule has 0 unspecified atom stereocenters. The van der Waals surface area contributed by atoms with Crippen molar-refractivity contribution in [2.24, 2.45) is 4.99 Å². The summed E-state index contributed by atoms with van der Waals surface area (Å²) < 4.78 is 7.16. The number of benzene rings is 1. The van der Waals surface area contributed by atoms with Gasteiger partial charge in [-0.1, -0.05) is 34.3 Å². The van der Waals surface area contributed by atoms with Gasteiger partial charge in [0.05, 0.1) is 22.2 Å². The molecule has 2 heterocycles. The molecule has 0 radical (unpaired) electrons. The first-order valence-electron chi connectivity index (χ1n) is 8.16. The molecule has 0 aliphatic heterocycles. The second-order valence-corrected chi connectivity index (χ2v) is 8.29. The number of thiophene rings is 1. The Balaban J connectivity index is 2.01. The molecule has 0 aliphatic carbocycles. The summed E-state index contributed by atoms with van der Waals surface area (Å²) >= 11 is 8.41. The van der Waals surface area contributed by atoms with Gasteiger partial charge < -0.3 is 9.30 Å². The van der Waals surface area contributed by atoms with Crippen LogP contribution in [0.4, 0.5) is 5.00 Å². The molecule has 1 aromatic carbocycles. The van der Waals surface area contributed by atoms with Crippen LogP contribution in [0.25, 0.3) is 16.3 Å². The number of aromatic nitrogens is 1. The van der Waals surface area contributed by atoms with Gasteiger partial charge in [0.25, 0.3) is 5.91 Å². The number of esters is 1. The molecule has 3 aromatic rings. The SMILES string of the molecule is COC(=O)Cn1c(=NC(=O)/C=C/c2ccc([N+](=O)[O-])s2)sc2ccc(Cl)c(C)c21. The van der Waals surface area contributed by atoms with Crippen molar-refractivity contribution in [3.8, 4) is 0 Å². The summed E-state index contributed by atoms with van der Waals surface area (Å²) in [5.41, 5.74) is 1.47. The zero-order valence-corrected chi connectivity index (χ0v) is 17.6. The smallest absolute Gasteiger partial charge is 0.325 e. The number of rotatable bonds is 5. The first kappa shape index (κ1) is 20.9. The average Bonchev–Trinajstić information content (AvgIpc) is 3.29. The first-order valence-corrected chi connectivity index (χ1v) is 10.2. The minimum absolute atomic E-state index is 0.0122. The molecule has 11 heteroatoms. The molecule has 0 atom stereocenters. The van der Waals surface area contributed by atoms with Crippen molar-refractivity contribution in [3.63, 3.8) is 0 Å². The van der Waals surface area contributed by atoms with Crippen LogP contribution in [0.15, 0.2) is 35.3 Å². The van der Waals surface area contributed by atoms with E-state index in [9.17, 15) is 19.7 Å². The molecule has 0 aliphatic rings. The molecule has 0 saturated carbocycles. The Labute approximate surface area is 177 Å². The number of nitro groups is 1. The molecule has 3 rings (SSSR count). The van der Waals surface area contributed by atoms with Crippen molar-refractivity contribution in [3.05, 3.63) is 60.7 Å².